The minimum Gasteiger partial charge on any atom is -0.358 e. The molecule has 0 radical (unpaired) electrons. The van der Waals surface area contributed by atoms with Crippen LogP contribution in [0, 0.1) is 0 Å². The predicted molar refractivity (Wildman–Crippen MR) is 75.7 cm³/mol. The van der Waals surface area contributed by atoms with Gasteiger partial charge in [0.25, 0.3) is 0 Å². The van der Waals surface area contributed by atoms with Crippen molar-refractivity contribution < 1.29 is 0 Å². The lowest BCUT2D eigenvalue weighted by Crippen LogP contribution is -2.20. The maximum Gasteiger partial charge on any atom is 0.158 e. The van der Waals surface area contributed by atoms with Gasteiger partial charge in [-0.05, 0) is 19.4 Å². The van der Waals surface area contributed by atoms with Gasteiger partial charge in [-0.1, -0.05) is 30.7 Å². The maximum absolute atomic E-state index is 5.49. The van der Waals surface area contributed by atoms with Crippen LogP contribution >= 0.6 is 0 Å². The first-order valence-corrected chi connectivity index (χ1v) is 6.44. The smallest absolute Gasteiger partial charge is 0.158 e. The molecule has 0 aliphatic heterocycles. The van der Waals surface area contributed by atoms with Crippen LogP contribution in [-0.2, 0) is 0 Å². The van der Waals surface area contributed by atoms with Gasteiger partial charge in [-0.25, -0.2) is 0 Å². The van der Waals surface area contributed by atoms with Crippen molar-refractivity contribution in [1.82, 2.24) is 10.2 Å². The summed E-state index contributed by atoms with van der Waals surface area (Å²) in [6, 6.07) is 8.22. The summed E-state index contributed by atoms with van der Waals surface area (Å²) in [4.78, 5) is 2.17. The Kier molecular flexibility index (Phi) is 4.47. The van der Waals surface area contributed by atoms with E-state index in [1.807, 2.05) is 12.1 Å². The van der Waals surface area contributed by atoms with Crippen molar-refractivity contribution in [1.29, 1.82) is 0 Å². The van der Waals surface area contributed by atoms with E-state index in [1.165, 1.54) is 6.42 Å². The van der Waals surface area contributed by atoms with Crippen molar-refractivity contribution >= 4 is 16.6 Å². The first-order valence-electron chi connectivity index (χ1n) is 6.44. The maximum atomic E-state index is 5.49. The number of nitrogens with zero attached hydrogens (tertiary/aromatic N) is 3. The van der Waals surface area contributed by atoms with Crippen LogP contribution in [0.1, 0.15) is 19.3 Å². The van der Waals surface area contributed by atoms with Crippen LogP contribution in [0.5, 0.6) is 0 Å². The zero-order valence-corrected chi connectivity index (χ0v) is 10.8. The van der Waals surface area contributed by atoms with Crippen LogP contribution < -0.4 is 10.6 Å². The minimum absolute atomic E-state index is 0.776. The lowest BCUT2D eigenvalue weighted by Gasteiger charge is -2.18. The van der Waals surface area contributed by atoms with Crippen LogP contribution in [0.25, 0.3) is 10.8 Å². The Bertz CT molecular complexity index is 493. The molecule has 0 aliphatic rings. The Morgan fingerprint density at radius 2 is 2.00 bits per heavy atom. The molecule has 0 saturated carbocycles. The van der Waals surface area contributed by atoms with Gasteiger partial charge in [0, 0.05) is 24.4 Å². The number of aromatic nitrogens is 2. The van der Waals surface area contributed by atoms with Gasteiger partial charge in [0.1, 0.15) is 0 Å². The number of unbranched alkanes of at least 4 members (excludes halogenated alkanes) is 2. The summed E-state index contributed by atoms with van der Waals surface area (Å²) in [6.07, 6.45) is 5.20. The molecule has 18 heavy (non-hydrogen) atoms. The van der Waals surface area contributed by atoms with Crippen LogP contribution in [0.3, 0.4) is 0 Å². The Morgan fingerprint density at radius 3 is 2.83 bits per heavy atom. The van der Waals surface area contributed by atoms with E-state index in [0.29, 0.717) is 0 Å². The first-order chi connectivity index (χ1) is 8.83. The number of fused-ring (bicyclic) bond motifs is 1. The molecule has 0 unspecified atom stereocenters. The van der Waals surface area contributed by atoms with Gasteiger partial charge in [-0.15, -0.1) is 5.10 Å². The molecule has 2 N–H and O–H groups in total. The Labute approximate surface area is 108 Å². The lowest BCUT2D eigenvalue weighted by atomic mass is 10.2. The van der Waals surface area contributed by atoms with Crippen molar-refractivity contribution in [2.75, 3.05) is 25.0 Å². The van der Waals surface area contributed by atoms with Gasteiger partial charge in [-0.3, -0.25) is 0 Å². The molecule has 1 aromatic carbocycles. The highest BCUT2D eigenvalue weighted by molar-refractivity contribution is 5.91. The molecule has 0 spiro atoms. The summed E-state index contributed by atoms with van der Waals surface area (Å²) in [5, 5.41) is 10.6. The number of hydrogen-bond donors (Lipinski definition) is 1. The quantitative estimate of drug-likeness (QED) is 0.791. The van der Waals surface area contributed by atoms with Gasteiger partial charge in [0.05, 0.1) is 6.20 Å². The van der Waals surface area contributed by atoms with E-state index in [-0.39, 0.29) is 0 Å². The summed E-state index contributed by atoms with van der Waals surface area (Å²) in [5.41, 5.74) is 5.49. The molecule has 2 aromatic rings. The predicted octanol–water partition coefficient (Wildman–Crippen LogP) is 2.19. The van der Waals surface area contributed by atoms with E-state index >= 15 is 0 Å². The van der Waals surface area contributed by atoms with Crippen LogP contribution in [0.2, 0.25) is 0 Å². The molecule has 4 heteroatoms. The number of benzene rings is 1. The number of rotatable bonds is 6. The molecule has 0 bridgehead atoms. The molecule has 96 valence electrons. The summed E-state index contributed by atoms with van der Waals surface area (Å²) >= 11 is 0. The van der Waals surface area contributed by atoms with Gasteiger partial charge < -0.3 is 10.6 Å². The standard InChI is InChI=1S/C14H20N4/c1-18(10-6-2-5-9-15)14-13-8-4-3-7-12(13)11-16-17-14/h3-4,7-8,11H,2,5-6,9-10,15H2,1H3. The second-order valence-electron chi connectivity index (χ2n) is 4.53. The van der Waals surface area contributed by atoms with Gasteiger partial charge >= 0.3 is 0 Å². The summed E-state index contributed by atoms with van der Waals surface area (Å²) < 4.78 is 0. The fourth-order valence-electron chi connectivity index (χ4n) is 2.07. The molecule has 2 rings (SSSR count). The van der Waals surface area contributed by atoms with E-state index in [4.69, 9.17) is 5.73 Å². The second-order valence-corrected chi connectivity index (χ2v) is 4.53. The third kappa shape index (κ3) is 2.96. The van der Waals surface area contributed by atoms with Crippen molar-refractivity contribution in [3.05, 3.63) is 30.5 Å². The largest absolute Gasteiger partial charge is 0.358 e. The van der Waals surface area contributed by atoms with Crippen LogP contribution in [-0.4, -0.2) is 30.3 Å². The monoisotopic (exact) mass is 244 g/mol. The topological polar surface area (TPSA) is 55.0 Å². The molecule has 0 amide bonds. The second kappa shape index (κ2) is 6.31. The highest BCUT2D eigenvalue weighted by atomic mass is 15.2. The van der Waals surface area contributed by atoms with E-state index in [2.05, 4.69) is 34.3 Å². The van der Waals surface area contributed by atoms with E-state index < -0.39 is 0 Å². The van der Waals surface area contributed by atoms with Crippen LogP contribution in [0.15, 0.2) is 30.5 Å². The lowest BCUT2D eigenvalue weighted by molar-refractivity contribution is 0.675. The number of nitrogens with two attached hydrogens (primary N) is 1. The van der Waals surface area contributed by atoms with Crippen molar-refractivity contribution in [3.63, 3.8) is 0 Å². The average Bonchev–Trinajstić information content (AvgIpc) is 2.43. The molecular weight excluding hydrogens is 224 g/mol. The van der Waals surface area contributed by atoms with Gasteiger partial charge in [0.15, 0.2) is 5.82 Å². The van der Waals surface area contributed by atoms with Crippen molar-refractivity contribution in [3.8, 4) is 0 Å². The van der Waals surface area contributed by atoms with E-state index in [1.54, 1.807) is 6.20 Å². The molecular formula is C14H20N4. The molecule has 4 nitrogen and oxygen atoms in total. The summed E-state index contributed by atoms with van der Waals surface area (Å²) in [7, 11) is 2.07. The molecule has 0 aliphatic carbocycles. The number of anilines is 1. The number of hydrogen-bond acceptors (Lipinski definition) is 4. The fraction of sp³-hybridized carbons (Fsp3) is 0.429. The van der Waals surface area contributed by atoms with Gasteiger partial charge in [-0.2, -0.15) is 5.10 Å². The zero-order chi connectivity index (χ0) is 12.8. The fourth-order valence-corrected chi connectivity index (χ4v) is 2.07. The summed E-state index contributed by atoms with van der Waals surface area (Å²) in [6.45, 7) is 1.76. The highest BCUT2D eigenvalue weighted by Gasteiger charge is 2.07. The first kappa shape index (κ1) is 12.8. The summed E-state index contributed by atoms with van der Waals surface area (Å²) in [5.74, 6) is 0.959. The Balaban J connectivity index is 2.10. The SMILES string of the molecule is CN(CCCCCN)c1nncc2ccccc12. The van der Waals surface area contributed by atoms with Gasteiger partial charge in [0.2, 0.25) is 0 Å². The third-order valence-corrected chi connectivity index (χ3v) is 3.11. The van der Waals surface area contributed by atoms with E-state index in [9.17, 15) is 0 Å². The molecule has 1 heterocycles. The van der Waals surface area contributed by atoms with Crippen LogP contribution in [0.4, 0.5) is 5.82 Å². The van der Waals surface area contributed by atoms with E-state index in [0.717, 1.165) is 42.5 Å². The third-order valence-electron chi connectivity index (χ3n) is 3.11. The zero-order valence-electron chi connectivity index (χ0n) is 10.8. The molecule has 1 aromatic heterocycles. The molecule has 0 atom stereocenters. The van der Waals surface area contributed by atoms with Crippen molar-refractivity contribution in [2.24, 2.45) is 5.73 Å². The normalized spacial score (nSPS) is 10.8. The average molecular weight is 244 g/mol. The Morgan fingerprint density at radius 1 is 1.17 bits per heavy atom. The molecule has 0 fully saturated rings. The Hall–Kier alpha value is -1.68. The minimum atomic E-state index is 0.776. The van der Waals surface area contributed by atoms with Crippen molar-refractivity contribution in [2.45, 2.75) is 19.3 Å². The highest BCUT2D eigenvalue weighted by Crippen LogP contribution is 2.22. The molecule has 0 saturated heterocycles.